The van der Waals surface area contributed by atoms with Crippen LogP contribution in [0, 0.1) is 0 Å². The van der Waals surface area contributed by atoms with Gasteiger partial charge in [-0.15, -0.1) is 0 Å². The van der Waals surface area contributed by atoms with Gasteiger partial charge >= 0.3 is 0 Å². The van der Waals surface area contributed by atoms with Gasteiger partial charge < -0.3 is 16.0 Å². The molecular formula is C15H12N4O2. The number of carbonyl (C=O) groups is 1. The Morgan fingerprint density at radius 3 is 2.62 bits per heavy atom. The van der Waals surface area contributed by atoms with Crippen molar-refractivity contribution in [2.24, 2.45) is 0 Å². The zero-order valence-electron chi connectivity index (χ0n) is 11.0. The summed E-state index contributed by atoms with van der Waals surface area (Å²) >= 11 is 0. The van der Waals surface area contributed by atoms with Gasteiger partial charge in [0.15, 0.2) is 5.69 Å². The van der Waals surface area contributed by atoms with Crippen LogP contribution in [-0.2, 0) is 0 Å². The number of amides is 1. The average Bonchev–Trinajstić information content (AvgIpc) is 2.49. The second-order valence-electron chi connectivity index (χ2n) is 4.47. The molecule has 6 nitrogen and oxygen atoms in total. The Kier molecular flexibility index (Phi) is 3.12. The van der Waals surface area contributed by atoms with Crippen molar-refractivity contribution in [1.82, 2.24) is 9.97 Å². The Bertz CT molecular complexity index is 886. The van der Waals surface area contributed by atoms with E-state index < -0.39 is 11.5 Å². The van der Waals surface area contributed by atoms with Gasteiger partial charge in [-0.2, -0.15) is 0 Å². The van der Waals surface area contributed by atoms with Gasteiger partial charge in [0.05, 0.1) is 22.4 Å². The van der Waals surface area contributed by atoms with Crippen LogP contribution in [0.3, 0.4) is 0 Å². The van der Waals surface area contributed by atoms with Gasteiger partial charge in [0, 0.05) is 0 Å². The highest BCUT2D eigenvalue weighted by atomic mass is 16.2. The van der Waals surface area contributed by atoms with Crippen LogP contribution in [0.1, 0.15) is 10.5 Å². The summed E-state index contributed by atoms with van der Waals surface area (Å²) in [6.07, 6.45) is 0. The summed E-state index contributed by atoms with van der Waals surface area (Å²) in [5.74, 6) is -0.597. The maximum atomic E-state index is 12.2. The van der Waals surface area contributed by atoms with E-state index in [-0.39, 0.29) is 5.69 Å². The van der Waals surface area contributed by atoms with E-state index in [0.717, 1.165) is 0 Å². The molecule has 6 heteroatoms. The summed E-state index contributed by atoms with van der Waals surface area (Å²) in [5.41, 5.74) is 7.00. The smallest absolute Gasteiger partial charge is 0.280 e. The molecular weight excluding hydrogens is 268 g/mol. The maximum absolute atomic E-state index is 12.2. The van der Waals surface area contributed by atoms with Gasteiger partial charge in [-0.25, -0.2) is 4.98 Å². The summed E-state index contributed by atoms with van der Waals surface area (Å²) in [6.45, 7) is 0. The highest BCUT2D eigenvalue weighted by Crippen LogP contribution is 2.17. The van der Waals surface area contributed by atoms with E-state index in [9.17, 15) is 9.59 Å². The molecule has 0 radical (unpaired) electrons. The molecule has 0 spiro atoms. The van der Waals surface area contributed by atoms with Crippen molar-refractivity contribution in [2.75, 3.05) is 11.1 Å². The van der Waals surface area contributed by atoms with Crippen molar-refractivity contribution in [3.05, 3.63) is 64.6 Å². The highest BCUT2D eigenvalue weighted by molar-refractivity contribution is 6.04. The van der Waals surface area contributed by atoms with Crippen LogP contribution in [0.5, 0.6) is 0 Å². The topological polar surface area (TPSA) is 101 Å². The molecule has 0 bridgehead atoms. The number of nitrogens with zero attached hydrogens (tertiary/aromatic N) is 1. The van der Waals surface area contributed by atoms with Gasteiger partial charge in [-0.1, -0.05) is 24.3 Å². The minimum atomic E-state index is -0.597. The number of hydrogen-bond donors (Lipinski definition) is 3. The second-order valence-corrected chi connectivity index (χ2v) is 4.47. The van der Waals surface area contributed by atoms with Crippen molar-refractivity contribution in [3.63, 3.8) is 0 Å². The van der Waals surface area contributed by atoms with Gasteiger partial charge in [0.25, 0.3) is 11.5 Å². The molecule has 0 aliphatic heterocycles. The monoisotopic (exact) mass is 280 g/mol. The van der Waals surface area contributed by atoms with Crippen LogP contribution in [0.4, 0.5) is 11.4 Å². The summed E-state index contributed by atoms with van der Waals surface area (Å²) in [4.78, 5) is 30.9. The fraction of sp³-hybridized carbons (Fsp3) is 0. The molecule has 0 aliphatic carbocycles. The lowest BCUT2D eigenvalue weighted by molar-refractivity contribution is 0.102. The normalized spacial score (nSPS) is 10.5. The molecule has 0 saturated carbocycles. The molecule has 104 valence electrons. The highest BCUT2D eigenvalue weighted by Gasteiger charge is 2.14. The number of aromatic amines is 1. The second kappa shape index (κ2) is 5.09. The molecule has 3 aromatic rings. The van der Waals surface area contributed by atoms with Crippen LogP contribution in [0.15, 0.2) is 53.3 Å². The van der Waals surface area contributed by atoms with Crippen LogP contribution in [-0.4, -0.2) is 15.9 Å². The number of hydrogen-bond acceptors (Lipinski definition) is 4. The zero-order valence-corrected chi connectivity index (χ0v) is 11.0. The minimum Gasteiger partial charge on any atom is -0.397 e. The summed E-state index contributed by atoms with van der Waals surface area (Å²) in [6, 6.07) is 13.8. The van der Waals surface area contributed by atoms with E-state index in [4.69, 9.17) is 5.73 Å². The van der Waals surface area contributed by atoms with Crippen LogP contribution in [0.25, 0.3) is 11.0 Å². The largest absolute Gasteiger partial charge is 0.397 e. The van der Waals surface area contributed by atoms with E-state index in [1.54, 1.807) is 48.5 Å². The van der Waals surface area contributed by atoms with Gasteiger partial charge in [0.2, 0.25) is 0 Å². The van der Waals surface area contributed by atoms with Crippen molar-refractivity contribution in [3.8, 4) is 0 Å². The number of fused-ring (bicyclic) bond motifs is 1. The van der Waals surface area contributed by atoms with Crippen LogP contribution in [0.2, 0.25) is 0 Å². The number of nitrogen functional groups attached to an aromatic ring is 1. The number of rotatable bonds is 2. The third-order valence-corrected chi connectivity index (χ3v) is 3.02. The van der Waals surface area contributed by atoms with Crippen molar-refractivity contribution < 1.29 is 4.79 Å². The number of benzene rings is 2. The van der Waals surface area contributed by atoms with E-state index in [2.05, 4.69) is 15.3 Å². The SMILES string of the molecule is Nc1ccccc1NC(=O)c1nc2ccccc2[nH]c1=O. The summed E-state index contributed by atoms with van der Waals surface area (Å²) in [7, 11) is 0. The Labute approximate surface area is 119 Å². The molecule has 21 heavy (non-hydrogen) atoms. The number of para-hydroxylation sites is 4. The number of nitrogens with one attached hydrogen (secondary N) is 2. The van der Waals surface area contributed by atoms with Crippen molar-refractivity contribution in [1.29, 1.82) is 0 Å². The predicted molar refractivity (Wildman–Crippen MR) is 81.2 cm³/mol. The van der Waals surface area contributed by atoms with Crippen LogP contribution < -0.4 is 16.6 Å². The van der Waals surface area contributed by atoms with Gasteiger partial charge in [-0.3, -0.25) is 9.59 Å². The Hall–Kier alpha value is -3.15. The Morgan fingerprint density at radius 2 is 1.81 bits per heavy atom. The quantitative estimate of drug-likeness (QED) is 0.622. The first-order valence-corrected chi connectivity index (χ1v) is 6.30. The fourth-order valence-electron chi connectivity index (χ4n) is 1.98. The lowest BCUT2D eigenvalue weighted by Gasteiger charge is -2.07. The summed E-state index contributed by atoms with van der Waals surface area (Å²) in [5, 5.41) is 2.59. The van der Waals surface area contributed by atoms with Crippen molar-refractivity contribution in [2.45, 2.75) is 0 Å². The standard InChI is InChI=1S/C15H12N4O2/c16-9-5-1-2-6-10(9)18-14(20)13-15(21)19-12-8-4-3-7-11(12)17-13/h1-8H,16H2,(H,18,20)(H,19,21). The van der Waals surface area contributed by atoms with E-state index in [0.29, 0.717) is 22.4 Å². The predicted octanol–water partition coefficient (Wildman–Crippen LogP) is 1.76. The van der Waals surface area contributed by atoms with Crippen molar-refractivity contribution >= 4 is 28.3 Å². The Balaban J connectivity index is 2.00. The Morgan fingerprint density at radius 1 is 1.10 bits per heavy atom. The number of H-pyrrole nitrogens is 1. The molecule has 1 amide bonds. The molecule has 1 heterocycles. The van der Waals surface area contributed by atoms with Crippen LogP contribution >= 0.6 is 0 Å². The van der Waals surface area contributed by atoms with Gasteiger partial charge in [0.1, 0.15) is 0 Å². The average molecular weight is 280 g/mol. The molecule has 4 N–H and O–H groups in total. The van der Waals surface area contributed by atoms with Gasteiger partial charge in [-0.05, 0) is 24.3 Å². The molecule has 1 aromatic heterocycles. The van der Waals surface area contributed by atoms with E-state index in [1.807, 2.05) is 0 Å². The number of carbonyl (C=O) groups excluding carboxylic acids is 1. The zero-order chi connectivity index (χ0) is 14.8. The molecule has 3 rings (SSSR count). The third-order valence-electron chi connectivity index (χ3n) is 3.02. The van der Waals surface area contributed by atoms with E-state index >= 15 is 0 Å². The lowest BCUT2D eigenvalue weighted by atomic mass is 10.2. The van der Waals surface area contributed by atoms with E-state index in [1.165, 1.54) is 0 Å². The molecule has 0 fully saturated rings. The number of anilines is 2. The molecule has 0 atom stereocenters. The first-order valence-electron chi connectivity index (χ1n) is 6.30. The lowest BCUT2D eigenvalue weighted by Crippen LogP contribution is -2.25. The molecule has 0 unspecified atom stereocenters. The molecule has 2 aromatic carbocycles. The first kappa shape index (κ1) is 12.9. The minimum absolute atomic E-state index is 0.197. The molecule has 0 aliphatic rings. The molecule has 0 saturated heterocycles. The third kappa shape index (κ3) is 2.46. The summed E-state index contributed by atoms with van der Waals surface area (Å²) < 4.78 is 0. The maximum Gasteiger partial charge on any atom is 0.280 e. The number of nitrogens with two attached hydrogens (primary N) is 1. The number of aromatic nitrogens is 2. The fourth-order valence-corrected chi connectivity index (χ4v) is 1.98. The first-order chi connectivity index (χ1) is 10.1.